The van der Waals surface area contributed by atoms with E-state index in [2.05, 4.69) is 21.5 Å². The summed E-state index contributed by atoms with van der Waals surface area (Å²) in [4.78, 5) is 26.0. The van der Waals surface area contributed by atoms with Crippen molar-refractivity contribution in [3.63, 3.8) is 0 Å². The fourth-order valence-electron chi connectivity index (χ4n) is 2.76. The van der Waals surface area contributed by atoms with Gasteiger partial charge in [-0.05, 0) is 24.5 Å². The molecule has 0 saturated heterocycles. The highest BCUT2D eigenvalue weighted by molar-refractivity contribution is 5.89. The van der Waals surface area contributed by atoms with E-state index in [1.165, 1.54) is 10.9 Å². The largest absolute Gasteiger partial charge is 0.370 e. The Labute approximate surface area is 145 Å². The summed E-state index contributed by atoms with van der Waals surface area (Å²) < 4.78 is 1.59. The molecule has 25 heavy (non-hydrogen) atoms. The number of fused-ring (bicyclic) bond motifs is 1. The number of aromatic amines is 1. The molecule has 0 saturated carbocycles. The number of aryl methyl sites for hydroxylation is 2. The minimum Gasteiger partial charge on any atom is -0.370 e. The van der Waals surface area contributed by atoms with Crippen LogP contribution in [-0.2, 0) is 22.6 Å². The van der Waals surface area contributed by atoms with Gasteiger partial charge in [-0.25, -0.2) is 0 Å². The molecule has 1 aromatic carbocycles. The lowest BCUT2D eigenvalue weighted by molar-refractivity contribution is -0.118. The van der Waals surface area contributed by atoms with E-state index in [1.54, 1.807) is 16.9 Å². The van der Waals surface area contributed by atoms with Gasteiger partial charge < -0.3 is 16.0 Å². The number of nitrogens with two attached hydrogens (primary N) is 1. The molecule has 3 rings (SSSR count). The van der Waals surface area contributed by atoms with Gasteiger partial charge in [0.05, 0.1) is 0 Å². The molecule has 0 aliphatic heterocycles. The number of nitrogens with zero attached hydrogens (tertiary/aromatic N) is 2. The van der Waals surface area contributed by atoms with Crippen molar-refractivity contribution in [1.29, 1.82) is 0 Å². The maximum Gasteiger partial charge on any atom is 0.225 e. The van der Waals surface area contributed by atoms with Gasteiger partial charge in [0.1, 0.15) is 0 Å². The van der Waals surface area contributed by atoms with Crippen molar-refractivity contribution in [3.05, 3.63) is 48.3 Å². The van der Waals surface area contributed by atoms with Crippen LogP contribution in [0.4, 0.5) is 5.82 Å². The van der Waals surface area contributed by atoms with Gasteiger partial charge >= 0.3 is 0 Å². The third-order valence-corrected chi connectivity index (χ3v) is 4.02. The van der Waals surface area contributed by atoms with E-state index in [4.69, 9.17) is 5.73 Å². The number of para-hydroxylation sites is 1. The van der Waals surface area contributed by atoms with Crippen LogP contribution in [0, 0.1) is 0 Å². The third-order valence-electron chi connectivity index (χ3n) is 4.02. The van der Waals surface area contributed by atoms with Crippen molar-refractivity contribution >= 4 is 28.5 Å². The fourth-order valence-corrected chi connectivity index (χ4v) is 2.76. The lowest BCUT2D eigenvalue weighted by Crippen LogP contribution is -2.15. The zero-order valence-electron chi connectivity index (χ0n) is 13.9. The number of nitrogens with one attached hydrogen (secondary N) is 2. The number of carbonyl (C=O) groups excluding carboxylic acids is 2. The third kappa shape index (κ3) is 4.47. The number of primary amides is 1. The molecule has 4 N–H and O–H groups in total. The first-order chi connectivity index (χ1) is 12.1. The van der Waals surface area contributed by atoms with Gasteiger partial charge in [-0.3, -0.25) is 14.3 Å². The van der Waals surface area contributed by atoms with E-state index in [9.17, 15) is 9.59 Å². The molecular formula is C18H21N5O2. The van der Waals surface area contributed by atoms with E-state index in [-0.39, 0.29) is 18.2 Å². The Bertz CT molecular complexity index is 880. The minimum absolute atomic E-state index is 0.0695. The molecule has 0 aliphatic rings. The van der Waals surface area contributed by atoms with Crippen LogP contribution in [0.15, 0.2) is 42.7 Å². The monoisotopic (exact) mass is 339 g/mol. The average Bonchev–Trinajstić information content (AvgIpc) is 3.20. The molecule has 0 aliphatic carbocycles. The average molecular weight is 339 g/mol. The molecule has 0 unspecified atom stereocenters. The van der Waals surface area contributed by atoms with Gasteiger partial charge in [0.25, 0.3) is 0 Å². The van der Waals surface area contributed by atoms with Crippen LogP contribution in [0.5, 0.6) is 0 Å². The number of hydrogen-bond donors (Lipinski definition) is 3. The summed E-state index contributed by atoms with van der Waals surface area (Å²) in [5.74, 6) is 0.0416. The summed E-state index contributed by atoms with van der Waals surface area (Å²) in [6, 6.07) is 9.85. The van der Waals surface area contributed by atoms with Gasteiger partial charge in [-0.1, -0.05) is 18.2 Å². The van der Waals surface area contributed by atoms with E-state index in [1.807, 2.05) is 24.4 Å². The first-order valence-electron chi connectivity index (χ1n) is 8.28. The van der Waals surface area contributed by atoms with Crippen molar-refractivity contribution in [2.75, 3.05) is 5.32 Å². The minimum atomic E-state index is -0.377. The fraction of sp³-hybridized carbons (Fsp3) is 0.278. The van der Waals surface area contributed by atoms with E-state index in [0.29, 0.717) is 18.8 Å². The van der Waals surface area contributed by atoms with Crippen molar-refractivity contribution < 1.29 is 9.59 Å². The molecule has 0 spiro atoms. The lowest BCUT2D eigenvalue weighted by atomic mass is 10.1. The molecule has 2 heterocycles. The smallest absolute Gasteiger partial charge is 0.225 e. The molecule has 130 valence electrons. The predicted molar refractivity (Wildman–Crippen MR) is 95.9 cm³/mol. The van der Waals surface area contributed by atoms with Crippen LogP contribution >= 0.6 is 0 Å². The summed E-state index contributed by atoms with van der Waals surface area (Å²) in [5, 5.41) is 8.17. The Hall–Kier alpha value is -3.09. The molecule has 3 aromatic rings. The zero-order valence-corrected chi connectivity index (χ0v) is 13.9. The standard InChI is InChI=1S/C18H21N5O2/c19-16(24)8-10-23-11-9-17(22-23)21-18(25)7-3-4-13-12-20-15-6-2-1-5-14(13)15/h1-2,5-6,9,11-12,20H,3-4,7-8,10H2,(H2,19,24)(H,21,22,25). The Morgan fingerprint density at radius 2 is 2.04 bits per heavy atom. The maximum atomic E-state index is 12.0. The van der Waals surface area contributed by atoms with Crippen molar-refractivity contribution in [3.8, 4) is 0 Å². The number of rotatable bonds is 8. The van der Waals surface area contributed by atoms with E-state index in [0.717, 1.165) is 18.4 Å². The molecule has 2 amide bonds. The van der Waals surface area contributed by atoms with Gasteiger partial charge in [0, 0.05) is 48.7 Å². The first-order valence-corrected chi connectivity index (χ1v) is 8.28. The highest BCUT2D eigenvalue weighted by Crippen LogP contribution is 2.19. The maximum absolute atomic E-state index is 12.0. The SMILES string of the molecule is NC(=O)CCn1ccc(NC(=O)CCCc2c[nH]c3ccccc23)n1. The summed E-state index contributed by atoms with van der Waals surface area (Å²) >= 11 is 0. The number of carbonyl (C=O) groups is 2. The Morgan fingerprint density at radius 3 is 2.88 bits per heavy atom. The van der Waals surface area contributed by atoms with Crippen LogP contribution in [0.3, 0.4) is 0 Å². The molecule has 7 heteroatoms. The van der Waals surface area contributed by atoms with Crippen LogP contribution in [0.1, 0.15) is 24.8 Å². The van der Waals surface area contributed by atoms with Gasteiger partial charge in [0.2, 0.25) is 11.8 Å². The molecule has 0 bridgehead atoms. The second-order valence-corrected chi connectivity index (χ2v) is 5.94. The van der Waals surface area contributed by atoms with Crippen molar-refractivity contribution in [2.24, 2.45) is 5.73 Å². The summed E-state index contributed by atoms with van der Waals surface area (Å²) in [6.45, 7) is 0.408. The highest BCUT2D eigenvalue weighted by Gasteiger charge is 2.08. The Morgan fingerprint density at radius 1 is 1.20 bits per heavy atom. The van der Waals surface area contributed by atoms with E-state index < -0.39 is 0 Å². The van der Waals surface area contributed by atoms with Crippen molar-refractivity contribution in [1.82, 2.24) is 14.8 Å². The topological polar surface area (TPSA) is 106 Å². The number of aromatic nitrogens is 3. The molecule has 2 aromatic heterocycles. The number of hydrogen-bond acceptors (Lipinski definition) is 3. The molecule has 0 fully saturated rings. The summed E-state index contributed by atoms with van der Waals surface area (Å²) in [7, 11) is 0. The first kappa shape index (κ1) is 16.8. The molecule has 7 nitrogen and oxygen atoms in total. The van der Waals surface area contributed by atoms with E-state index >= 15 is 0 Å². The molecular weight excluding hydrogens is 318 g/mol. The molecule has 0 atom stereocenters. The van der Waals surface area contributed by atoms with Crippen molar-refractivity contribution in [2.45, 2.75) is 32.2 Å². The number of H-pyrrole nitrogens is 1. The Kier molecular flexibility index (Phi) is 5.13. The summed E-state index contributed by atoms with van der Waals surface area (Å²) in [6.07, 6.45) is 5.96. The molecule has 0 radical (unpaired) electrons. The second-order valence-electron chi connectivity index (χ2n) is 5.94. The zero-order chi connectivity index (χ0) is 17.6. The number of amides is 2. The normalized spacial score (nSPS) is 10.9. The van der Waals surface area contributed by atoms with Gasteiger partial charge in [-0.15, -0.1) is 0 Å². The quantitative estimate of drug-likeness (QED) is 0.586. The van der Waals surface area contributed by atoms with Gasteiger partial charge in [-0.2, -0.15) is 5.10 Å². The van der Waals surface area contributed by atoms with Gasteiger partial charge in [0.15, 0.2) is 5.82 Å². The van der Waals surface area contributed by atoms with Crippen LogP contribution < -0.4 is 11.1 Å². The van der Waals surface area contributed by atoms with Crippen LogP contribution in [0.2, 0.25) is 0 Å². The van der Waals surface area contributed by atoms with Crippen LogP contribution in [-0.4, -0.2) is 26.6 Å². The Balaban J connectivity index is 1.46. The second kappa shape index (κ2) is 7.65. The highest BCUT2D eigenvalue weighted by atomic mass is 16.2. The van der Waals surface area contributed by atoms with Crippen LogP contribution in [0.25, 0.3) is 10.9 Å². The number of benzene rings is 1. The number of anilines is 1. The summed E-state index contributed by atoms with van der Waals surface area (Å²) in [5.41, 5.74) is 7.44. The predicted octanol–water partition coefficient (Wildman–Crippen LogP) is 2.20. The lowest BCUT2D eigenvalue weighted by Gasteiger charge is -2.03.